The minimum absolute atomic E-state index is 0.0105. The number of nitrogens with zero attached hydrogens (tertiary/aromatic N) is 3. The second kappa shape index (κ2) is 7.82. The van der Waals surface area contributed by atoms with Crippen LogP contribution in [0.4, 0.5) is 0 Å². The molecular weight excluding hydrogens is 382 g/mol. The van der Waals surface area contributed by atoms with Gasteiger partial charge in [0.15, 0.2) is 5.66 Å². The van der Waals surface area contributed by atoms with Crippen molar-refractivity contribution in [2.75, 3.05) is 24.7 Å². The molecule has 0 bridgehead atoms. The lowest BCUT2D eigenvalue weighted by Crippen LogP contribution is -2.56. The van der Waals surface area contributed by atoms with Crippen molar-refractivity contribution in [1.82, 2.24) is 4.90 Å². The van der Waals surface area contributed by atoms with Crippen LogP contribution in [0.25, 0.3) is 0 Å². The number of sulfone groups is 1. The molecule has 0 saturated carbocycles. The molecule has 1 amide bonds. The van der Waals surface area contributed by atoms with Crippen molar-refractivity contribution in [3.63, 3.8) is 0 Å². The first kappa shape index (κ1) is 20.8. The number of hydrogen-bond acceptors (Lipinski definition) is 7. The first-order valence-corrected chi connectivity index (χ1v) is 11.6. The molecule has 3 heterocycles. The van der Waals surface area contributed by atoms with Gasteiger partial charge in [-0.05, 0) is 26.2 Å². The largest absolute Gasteiger partial charge is 0.466 e. The van der Waals surface area contributed by atoms with E-state index >= 15 is 0 Å². The van der Waals surface area contributed by atoms with E-state index in [1.165, 1.54) is 0 Å². The van der Waals surface area contributed by atoms with Gasteiger partial charge in [0.05, 0.1) is 29.6 Å². The highest BCUT2D eigenvalue weighted by Gasteiger charge is 2.56. The van der Waals surface area contributed by atoms with Crippen LogP contribution in [0.3, 0.4) is 0 Å². The number of rotatable bonds is 7. The van der Waals surface area contributed by atoms with E-state index in [-0.39, 0.29) is 49.3 Å². The third kappa shape index (κ3) is 4.07. The van der Waals surface area contributed by atoms with Gasteiger partial charge < -0.3 is 9.64 Å². The molecule has 1 spiro atoms. The first-order chi connectivity index (χ1) is 13.3. The predicted octanol–water partition coefficient (Wildman–Crippen LogP) is 1.70. The fourth-order valence-corrected chi connectivity index (χ4v) is 6.04. The number of hydrogen-bond donors (Lipinski definition) is 0. The minimum Gasteiger partial charge on any atom is -0.466 e. The van der Waals surface area contributed by atoms with E-state index in [0.29, 0.717) is 32.2 Å². The first-order valence-electron chi connectivity index (χ1n) is 9.83. The summed E-state index contributed by atoms with van der Waals surface area (Å²) in [4.78, 5) is 27.3. The number of esters is 1. The summed E-state index contributed by atoms with van der Waals surface area (Å²) < 4.78 is 29.2. The van der Waals surface area contributed by atoms with Crippen LogP contribution in [0.15, 0.2) is 10.2 Å². The van der Waals surface area contributed by atoms with Gasteiger partial charge in [-0.2, -0.15) is 10.2 Å². The van der Waals surface area contributed by atoms with Crippen LogP contribution in [-0.2, 0) is 24.2 Å². The van der Waals surface area contributed by atoms with Gasteiger partial charge in [0.25, 0.3) is 0 Å². The Morgan fingerprint density at radius 2 is 1.93 bits per heavy atom. The Labute approximate surface area is 166 Å². The average Bonchev–Trinajstić information content (AvgIpc) is 3.34. The fourth-order valence-electron chi connectivity index (χ4n) is 4.51. The highest BCUT2D eigenvalue weighted by Crippen LogP contribution is 2.45. The van der Waals surface area contributed by atoms with E-state index < -0.39 is 27.0 Å². The molecular formula is C19H27N3O5S. The third-order valence-electron chi connectivity index (χ3n) is 6.18. The molecule has 3 aliphatic rings. The number of amides is 1. The standard InChI is InChI=1S/C19H27N3O5S/c1-3-5-8-19(20-21-19)9-6-16(23)22-12-7-15(17(24)27-4-2)18(22)10-13-28(25,26)14-11-18/h1,15H,4-14H2,2H3. The molecule has 2 saturated heterocycles. The molecule has 0 N–H and O–H groups in total. The van der Waals surface area contributed by atoms with Crippen molar-refractivity contribution in [2.45, 2.75) is 63.1 Å². The van der Waals surface area contributed by atoms with Crippen LogP contribution >= 0.6 is 0 Å². The summed E-state index contributed by atoms with van der Waals surface area (Å²) in [6.07, 6.45) is 8.29. The summed E-state index contributed by atoms with van der Waals surface area (Å²) in [5.74, 6) is 1.65. The zero-order chi connectivity index (χ0) is 20.4. The molecule has 1 unspecified atom stereocenters. The van der Waals surface area contributed by atoms with Crippen molar-refractivity contribution in [3.8, 4) is 12.3 Å². The van der Waals surface area contributed by atoms with Crippen LogP contribution in [-0.4, -0.2) is 61.1 Å². The molecule has 28 heavy (non-hydrogen) atoms. The van der Waals surface area contributed by atoms with Gasteiger partial charge in [-0.25, -0.2) is 8.42 Å². The van der Waals surface area contributed by atoms with Crippen molar-refractivity contribution < 1.29 is 22.7 Å². The van der Waals surface area contributed by atoms with E-state index in [1.54, 1.807) is 11.8 Å². The summed E-state index contributed by atoms with van der Waals surface area (Å²) >= 11 is 0. The topological polar surface area (TPSA) is 105 Å². The lowest BCUT2D eigenvalue weighted by atomic mass is 9.79. The van der Waals surface area contributed by atoms with Gasteiger partial charge in [0.2, 0.25) is 5.91 Å². The molecule has 2 fully saturated rings. The molecule has 9 heteroatoms. The van der Waals surface area contributed by atoms with Crippen LogP contribution in [0.5, 0.6) is 0 Å². The zero-order valence-electron chi connectivity index (χ0n) is 16.2. The van der Waals surface area contributed by atoms with Crippen molar-refractivity contribution >= 4 is 21.7 Å². The Kier molecular flexibility index (Phi) is 5.80. The number of carbonyl (C=O) groups excluding carboxylic acids is 2. The van der Waals surface area contributed by atoms with E-state index in [9.17, 15) is 18.0 Å². The van der Waals surface area contributed by atoms with Gasteiger partial charge in [-0.3, -0.25) is 9.59 Å². The summed E-state index contributed by atoms with van der Waals surface area (Å²) in [7, 11) is -3.13. The smallest absolute Gasteiger partial charge is 0.311 e. The molecule has 0 aromatic rings. The van der Waals surface area contributed by atoms with E-state index in [4.69, 9.17) is 11.2 Å². The second-order valence-electron chi connectivity index (χ2n) is 7.78. The Morgan fingerprint density at radius 3 is 2.50 bits per heavy atom. The van der Waals surface area contributed by atoms with Gasteiger partial charge >= 0.3 is 5.97 Å². The molecule has 8 nitrogen and oxygen atoms in total. The molecule has 0 aromatic heterocycles. The number of carbonyl (C=O) groups is 2. The molecule has 0 aromatic carbocycles. The monoisotopic (exact) mass is 409 g/mol. The van der Waals surface area contributed by atoms with Crippen molar-refractivity contribution in [2.24, 2.45) is 16.1 Å². The number of ether oxygens (including phenoxy) is 1. The maximum Gasteiger partial charge on any atom is 0.311 e. The lowest BCUT2D eigenvalue weighted by molar-refractivity contribution is -0.153. The van der Waals surface area contributed by atoms with Gasteiger partial charge in [-0.1, -0.05) is 0 Å². The number of likely N-dealkylation sites (tertiary alicyclic amines) is 1. The zero-order valence-corrected chi connectivity index (χ0v) is 17.0. The quantitative estimate of drug-likeness (QED) is 0.470. The highest BCUT2D eigenvalue weighted by atomic mass is 32.2. The average molecular weight is 410 g/mol. The maximum absolute atomic E-state index is 13.1. The lowest BCUT2D eigenvalue weighted by Gasteiger charge is -2.44. The summed E-state index contributed by atoms with van der Waals surface area (Å²) in [5, 5.41) is 8.13. The molecule has 3 aliphatic heterocycles. The van der Waals surface area contributed by atoms with Gasteiger partial charge in [-0.15, -0.1) is 12.3 Å². The third-order valence-corrected chi connectivity index (χ3v) is 7.84. The molecule has 0 radical (unpaired) electrons. The van der Waals surface area contributed by atoms with Gasteiger partial charge in [0, 0.05) is 32.2 Å². The van der Waals surface area contributed by atoms with E-state index in [1.807, 2.05) is 0 Å². The number of terminal acetylenes is 1. The predicted molar refractivity (Wildman–Crippen MR) is 102 cm³/mol. The molecule has 0 aliphatic carbocycles. The van der Waals surface area contributed by atoms with Crippen molar-refractivity contribution in [1.29, 1.82) is 0 Å². The normalized spacial score (nSPS) is 26.0. The highest BCUT2D eigenvalue weighted by molar-refractivity contribution is 7.91. The van der Waals surface area contributed by atoms with Crippen LogP contribution in [0.2, 0.25) is 0 Å². The minimum atomic E-state index is -3.13. The van der Waals surface area contributed by atoms with Crippen LogP contribution in [0, 0.1) is 18.3 Å². The van der Waals surface area contributed by atoms with Crippen LogP contribution in [0.1, 0.15) is 51.9 Å². The van der Waals surface area contributed by atoms with Crippen LogP contribution < -0.4 is 0 Å². The Hall–Kier alpha value is -1.95. The summed E-state index contributed by atoms with van der Waals surface area (Å²) in [6, 6.07) is 0. The summed E-state index contributed by atoms with van der Waals surface area (Å²) in [6.45, 7) is 2.44. The Morgan fingerprint density at radius 1 is 1.25 bits per heavy atom. The van der Waals surface area contributed by atoms with Crippen molar-refractivity contribution in [3.05, 3.63) is 0 Å². The maximum atomic E-state index is 13.1. The summed E-state index contributed by atoms with van der Waals surface area (Å²) in [5.41, 5.74) is -1.30. The SMILES string of the molecule is C#CCCC1(CCC(=O)N2CCC(C(=O)OCC)C23CCS(=O)(=O)CC3)N=N1. The second-order valence-corrected chi connectivity index (χ2v) is 10.1. The molecule has 1 atom stereocenters. The van der Waals surface area contributed by atoms with Gasteiger partial charge in [0.1, 0.15) is 9.84 Å². The Balaban J connectivity index is 1.72. The Bertz CT molecular complexity index is 794. The fraction of sp³-hybridized carbons (Fsp3) is 0.789. The van der Waals surface area contributed by atoms with E-state index in [0.717, 1.165) is 0 Å². The molecule has 154 valence electrons. The molecule has 3 rings (SSSR count). The van der Waals surface area contributed by atoms with E-state index in [2.05, 4.69) is 16.1 Å².